The lowest BCUT2D eigenvalue weighted by molar-refractivity contribution is 0.316. The van der Waals surface area contributed by atoms with Crippen molar-refractivity contribution in [3.63, 3.8) is 0 Å². The van der Waals surface area contributed by atoms with E-state index in [0.29, 0.717) is 0 Å². The molecule has 77 valence electrons. The number of rotatable bonds is 6. The van der Waals surface area contributed by atoms with E-state index in [0.717, 1.165) is 18.3 Å². The van der Waals surface area contributed by atoms with Gasteiger partial charge in [0.15, 0.2) is 0 Å². The van der Waals surface area contributed by atoms with E-state index in [4.69, 9.17) is 5.11 Å². The molecular formula is C13H19O. The molecule has 0 heterocycles. The summed E-state index contributed by atoms with van der Waals surface area (Å²) in [4.78, 5) is 0. The molecule has 1 N–H and O–H groups in total. The van der Waals surface area contributed by atoms with E-state index in [-0.39, 0.29) is 6.61 Å². The largest absolute Gasteiger partial charge is 0.396 e. The molecule has 0 aromatic rings. The zero-order chi connectivity index (χ0) is 10.2. The second-order valence-corrected chi connectivity index (χ2v) is 3.56. The lowest BCUT2D eigenvalue weighted by Crippen LogP contribution is -2.05. The number of aliphatic hydroxyl groups is 1. The van der Waals surface area contributed by atoms with E-state index in [2.05, 4.69) is 19.1 Å². The molecule has 1 aliphatic carbocycles. The van der Waals surface area contributed by atoms with Gasteiger partial charge in [-0.1, -0.05) is 31.9 Å². The van der Waals surface area contributed by atoms with E-state index in [1.807, 2.05) is 19.3 Å². The summed E-state index contributed by atoms with van der Waals surface area (Å²) < 4.78 is 0. The maximum absolute atomic E-state index is 9.01. The van der Waals surface area contributed by atoms with Crippen molar-refractivity contribution in [2.24, 2.45) is 0 Å². The number of aliphatic hydroxyl groups excluding tert-OH is 1. The van der Waals surface area contributed by atoms with Gasteiger partial charge in [-0.15, -0.1) is 0 Å². The fourth-order valence-electron chi connectivity index (χ4n) is 1.50. The third-order valence-corrected chi connectivity index (χ3v) is 2.39. The maximum atomic E-state index is 9.01. The predicted octanol–water partition coefficient (Wildman–Crippen LogP) is 2.89. The summed E-state index contributed by atoms with van der Waals surface area (Å²) in [5, 5.41) is 9.01. The van der Waals surface area contributed by atoms with Crippen molar-refractivity contribution in [2.45, 2.75) is 32.6 Å². The minimum Gasteiger partial charge on any atom is -0.396 e. The average Bonchev–Trinajstić information content (AvgIpc) is 2.65. The third kappa shape index (κ3) is 3.83. The van der Waals surface area contributed by atoms with Crippen LogP contribution in [0.1, 0.15) is 32.6 Å². The van der Waals surface area contributed by atoms with Crippen molar-refractivity contribution in [3.05, 3.63) is 43.3 Å². The van der Waals surface area contributed by atoms with Crippen molar-refractivity contribution in [1.29, 1.82) is 0 Å². The Morgan fingerprint density at radius 1 is 1.29 bits per heavy atom. The predicted molar refractivity (Wildman–Crippen MR) is 59.8 cm³/mol. The Balaban J connectivity index is 2.15. The van der Waals surface area contributed by atoms with Gasteiger partial charge in [0, 0.05) is 11.8 Å². The van der Waals surface area contributed by atoms with Gasteiger partial charge in [-0.05, 0) is 32.1 Å². The van der Waals surface area contributed by atoms with Crippen molar-refractivity contribution in [2.75, 3.05) is 6.61 Å². The molecule has 0 unspecified atom stereocenters. The number of allylic oxidation sites excluding steroid dienone is 2. The van der Waals surface area contributed by atoms with Crippen LogP contribution in [-0.2, 0) is 0 Å². The normalized spacial score (nSPS) is 19.9. The van der Waals surface area contributed by atoms with Crippen LogP contribution in [0.25, 0.3) is 0 Å². The molecule has 0 atom stereocenters. The van der Waals surface area contributed by atoms with Crippen LogP contribution in [0.2, 0.25) is 0 Å². The van der Waals surface area contributed by atoms with E-state index in [9.17, 15) is 0 Å². The Bertz CT molecular complexity index is 163. The van der Waals surface area contributed by atoms with Crippen molar-refractivity contribution in [3.8, 4) is 0 Å². The number of hydrogen-bond acceptors (Lipinski definition) is 1. The smallest absolute Gasteiger partial charge is 0.0505 e. The maximum Gasteiger partial charge on any atom is 0.0505 e. The van der Waals surface area contributed by atoms with E-state index < -0.39 is 0 Å². The molecule has 0 saturated heterocycles. The van der Waals surface area contributed by atoms with Gasteiger partial charge < -0.3 is 5.11 Å². The summed E-state index contributed by atoms with van der Waals surface area (Å²) >= 11 is 0. The molecule has 0 spiro atoms. The Kier molecular flexibility index (Phi) is 5.93. The van der Waals surface area contributed by atoms with Crippen molar-refractivity contribution in [1.82, 2.24) is 0 Å². The first kappa shape index (κ1) is 11.8. The highest BCUT2D eigenvalue weighted by Crippen LogP contribution is 2.33. The molecule has 1 aliphatic rings. The van der Waals surface area contributed by atoms with Crippen LogP contribution in [0.15, 0.2) is 12.2 Å². The summed E-state index contributed by atoms with van der Waals surface area (Å²) in [5.74, 6) is 2.18. The van der Waals surface area contributed by atoms with E-state index >= 15 is 0 Å². The van der Waals surface area contributed by atoms with Gasteiger partial charge in [0.25, 0.3) is 0 Å². The van der Waals surface area contributed by atoms with Gasteiger partial charge in [0.2, 0.25) is 0 Å². The molecule has 0 aliphatic heterocycles. The standard InChI is InChI=1S/C13H19O/c1-2-3-4-5-6-8-12-9-7-10-13(12)11-14/h6-10,14H,2-5,11H2,1H3/b8-6-. The average molecular weight is 191 g/mol. The lowest BCUT2D eigenvalue weighted by atomic mass is 9.96. The van der Waals surface area contributed by atoms with Crippen LogP contribution in [-0.4, -0.2) is 11.7 Å². The van der Waals surface area contributed by atoms with Crippen LogP contribution in [0.5, 0.6) is 0 Å². The number of unbranched alkanes of at least 4 members (excludes halogenated alkanes) is 3. The quantitative estimate of drug-likeness (QED) is 0.640. The molecule has 5 radical (unpaired) electrons. The summed E-state index contributed by atoms with van der Waals surface area (Å²) in [6.07, 6.45) is 15.3. The fraction of sp³-hybridized carbons (Fsp3) is 0.462. The molecule has 1 heteroatoms. The summed E-state index contributed by atoms with van der Waals surface area (Å²) in [6, 6.07) is 0. The Morgan fingerprint density at radius 2 is 2.14 bits per heavy atom. The minimum atomic E-state index is 0.141. The molecule has 14 heavy (non-hydrogen) atoms. The first-order chi connectivity index (χ1) is 6.88. The highest BCUT2D eigenvalue weighted by molar-refractivity contribution is 5.49. The molecule has 0 aromatic carbocycles. The van der Waals surface area contributed by atoms with Gasteiger partial charge in [0.05, 0.1) is 6.61 Å². The van der Waals surface area contributed by atoms with Gasteiger partial charge in [-0.25, -0.2) is 0 Å². The zero-order valence-electron chi connectivity index (χ0n) is 8.87. The molecule has 1 fully saturated rings. The van der Waals surface area contributed by atoms with Gasteiger partial charge in [0.1, 0.15) is 0 Å². The van der Waals surface area contributed by atoms with Crippen LogP contribution >= 0.6 is 0 Å². The molecule has 1 saturated carbocycles. The molecule has 0 bridgehead atoms. The number of hydrogen-bond donors (Lipinski definition) is 1. The highest BCUT2D eigenvalue weighted by atomic mass is 16.3. The van der Waals surface area contributed by atoms with E-state index in [1.54, 1.807) is 0 Å². The molecule has 0 aromatic heterocycles. The SMILES string of the molecule is CCCCC/C=C\[C]1[CH][CH][CH][C]1CO. The minimum absolute atomic E-state index is 0.141. The van der Waals surface area contributed by atoms with Gasteiger partial charge in [-0.2, -0.15) is 0 Å². The lowest BCUT2D eigenvalue weighted by Gasteiger charge is -2.10. The third-order valence-electron chi connectivity index (χ3n) is 2.39. The first-order valence-corrected chi connectivity index (χ1v) is 5.40. The molecule has 1 nitrogen and oxygen atoms in total. The van der Waals surface area contributed by atoms with E-state index in [1.165, 1.54) is 19.3 Å². The Labute approximate surface area is 88.2 Å². The Hall–Kier alpha value is -0.300. The fourth-order valence-corrected chi connectivity index (χ4v) is 1.50. The van der Waals surface area contributed by atoms with Crippen molar-refractivity contribution < 1.29 is 5.11 Å². The van der Waals surface area contributed by atoms with Crippen LogP contribution in [0.3, 0.4) is 0 Å². The first-order valence-electron chi connectivity index (χ1n) is 5.40. The van der Waals surface area contributed by atoms with Crippen LogP contribution < -0.4 is 0 Å². The molecule has 0 amide bonds. The van der Waals surface area contributed by atoms with Crippen molar-refractivity contribution >= 4 is 0 Å². The summed E-state index contributed by atoms with van der Waals surface area (Å²) in [6.45, 7) is 2.35. The summed E-state index contributed by atoms with van der Waals surface area (Å²) in [7, 11) is 0. The zero-order valence-corrected chi connectivity index (χ0v) is 8.87. The molecular weight excluding hydrogens is 172 g/mol. The molecule has 1 rings (SSSR count). The van der Waals surface area contributed by atoms with Gasteiger partial charge >= 0.3 is 0 Å². The highest BCUT2D eigenvalue weighted by Gasteiger charge is 2.25. The Morgan fingerprint density at radius 3 is 2.86 bits per heavy atom. The van der Waals surface area contributed by atoms with Crippen LogP contribution in [0.4, 0.5) is 0 Å². The van der Waals surface area contributed by atoms with Gasteiger partial charge in [-0.3, -0.25) is 0 Å². The van der Waals surface area contributed by atoms with Crippen LogP contribution in [0, 0.1) is 31.1 Å². The topological polar surface area (TPSA) is 20.2 Å². The monoisotopic (exact) mass is 191 g/mol. The second-order valence-electron chi connectivity index (χ2n) is 3.56. The summed E-state index contributed by atoms with van der Waals surface area (Å²) in [5.41, 5.74) is 0. The second kappa shape index (κ2) is 7.05.